The van der Waals surface area contributed by atoms with E-state index in [-0.39, 0.29) is 5.97 Å². The van der Waals surface area contributed by atoms with Crippen LogP contribution < -0.4 is 19.1 Å². The third-order valence-electron chi connectivity index (χ3n) is 5.92. The Bertz CT molecular complexity index is 1270. The number of anilines is 1. The zero-order valence-electron chi connectivity index (χ0n) is 22.1. The quantitative estimate of drug-likeness (QED) is 0.148. The summed E-state index contributed by atoms with van der Waals surface area (Å²) >= 11 is 0. The highest BCUT2D eigenvalue weighted by Crippen LogP contribution is 2.25. The van der Waals surface area contributed by atoms with E-state index in [0.717, 1.165) is 34.6 Å². The Hall–Kier alpha value is -4.20. The van der Waals surface area contributed by atoms with Gasteiger partial charge in [0.05, 0.1) is 20.3 Å². The predicted octanol–water partition coefficient (Wildman–Crippen LogP) is 6.03. The Morgan fingerprint density at radius 3 is 2.50 bits per heavy atom. The third-order valence-corrected chi connectivity index (χ3v) is 5.92. The maximum absolute atomic E-state index is 12.2. The van der Waals surface area contributed by atoms with E-state index in [1.807, 2.05) is 79.7 Å². The molecule has 1 heterocycles. The molecule has 4 rings (SSSR count). The van der Waals surface area contributed by atoms with Gasteiger partial charge in [0.2, 0.25) is 0 Å². The fourth-order valence-electron chi connectivity index (χ4n) is 3.99. The van der Waals surface area contributed by atoms with E-state index < -0.39 is 6.10 Å². The van der Waals surface area contributed by atoms with Crippen molar-refractivity contribution in [3.05, 3.63) is 78.4 Å². The molecule has 0 spiro atoms. The summed E-state index contributed by atoms with van der Waals surface area (Å²) in [4.78, 5) is 19.0. The van der Waals surface area contributed by atoms with Crippen LogP contribution in [0.4, 0.5) is 6.01 Å². The normalized spacial score (nSPS) is 11.7. The molecule has 0 amide bonds. The number of ether oxygens (including phenoxy) is 4. The van der Waals surface area contributed by atoms with E-state index in [1.54, 1.807) is 14.0 Å². The number of hydrogen-bond donors (Lipinski definition) is 0. The summed E-state index contributed by atoms with van der Waals surface area (Å²) in [5.74, 6) is 1.84. The molecule has 0 N–H and O–H groups in total. The Balaban J connectivity index is 1.45. The first-order valence-corrected chi connectivity index (χ1v) is 12.9. The third kappa shape index (κ3) is 7.18. The summed E-state index contributed by atoms with van der Waals surface area (Å²) in [6.07, 6.45) is 0.627. The van der Waals surface area contributed by atoms with Gasteiger partial charge >= 0.3 is 5.97 Å². The molecule has 1 aromatic heterocycles. The van der Waals surface area contributed by atoms with Gasteiger partial charge in [0.25, 0.3) is 6.01 Å². The highest BCUT2D eigenvalue weighted by molar-refractivity contribution is 5.75. The summed E-state index contributed by atoms with van der Waals surface area (Å²) in [7, 11) is 1.64. The van der Waals surface area contributed by atoms with Crippen molar-refractivity contribution < 1.29 is 28.2 Å². The van der Waals surface area contributed by atoms with E-state index in [9.17, 15) is 4.79 Å². The second-order valence-electron chi connectivity index (χ2n) is 8.68. The van der Waals surface area contributed by atoms with Gasteiger partial charge in [-0.15, -0.1) is 0 Å². The standard InChI is InChI=1S/C30H34N2O6/c1-4-27(29(33)35-5-2)37-25-11-8-10-22(20-25)21-32(30-31-26-12-6-7-13-28(26)38-30)18-9-19-36-24-16-14-23(34-3)15-17-24/h6-8,10-17,20,27H,4-5,9,18-19,21H2,1-3H3. The lowest BCUT2D eigenvalue weighted by Crippen LogP contribution is -2.29. The molecule has 0 aliphatic heterocycles. The van der Waals surface area contributed by atoms with Gasteiger partial charge in [-0.05, 0) is 73.9 Å². The molecule has 0 aliphatic rings. The molecule has 0 fully saturated rings. The van der Waals surface area contributed by atoms with Crippen LogP contribution in [0.5, 0.6) is 17.2 Å². The molecule has 0 saturated carbocycles. The van der Waals surface area contributed by atoms with Crippen LogP contribution in [0.15, 0.2) is 77.2 Å². The van der Waals surface area contributed by atoms with Gasteiger partial charge in [-0.3, -0.25) is 0 Å². The van der Waals surface area contributed by atoms with E-state index >= 15 is 0 Å². The van der Waals surface area contributed by atoms with Gasteiger partial charge in [-0.1, -0.05) is 31.2 Å². The highest BCUT2D eigenvalue weighted by atomic mass is 16.6. The number of oxazole rings is 1. The largest absolute Gasteiger partial charge is 0.497 e. The minimum atomic E-state index is -0.645. The lowest BCUT2D eigenvalue weighted by Gasteiger charge is -2.22. The summed E-state index contributed by atoms with van der Waals surface area (Å²) in [6.45, 7) is 5.74. The number of carbonyl (C=O) groups is 1. The molecule has 1 unspecified atom stereocenters. The topological polar surface area (TPSA) is 83.3 Å². The summed E-state index contributed by atoms with van der Waals surface area (Å²) in [5.41, 5.74) is 2.54. The molecule has 4 aromatic rings. The minimum Gasteiger partial charge on any atom is -0.497 e. The number of esters is 1. The summed E-state index contributed by atoms with van der Waals surface area (Å²) < 4.78 is 28.3. The average molecular weight is 519 g/mol. The fraction of sp³-hybridized carbons (Fsp3) is 0.333. The molecular formula is C30H34N2O6. The Kier molecular flexibility index (Phi) is 9.45. The van der Waals surface area contributed by atoms with Crippen LogP contribution in [0.1, 0.15) is 32.3 Å². The molecule has 0 aliphatic carbocycles. The Morgan fingerprint density at radius 1 is 0.974 bits per heavy atom. The van der Waals surface area contributed by atoms with Crippen molar-refractivity contribution >= 4 is 23.1 Å². The smallest absolute Gasteiger partial charge is 0.347 e. The van der Waals surface area contributed by atoms with Gasteiger partial charge in [0.1, 0.15) is 22.8 Å². The van der Waals surface area contributed by atoms with Crippen LogP contribution in [-0.2, 0) is 16.1 Å². The zero-order valence-corrected chi connectivity index (χ0v) is 22.1. The SMILES string of the molecule is CCOC(=O)C(CC)Oc1cccc(CN(CCCOc2ccc(OC)cc2)c2nc3ccccc3o2)c1. The highest BCUT2D eigenvalue weighted by Gasteiger charge is 2.20. The molecule has 8 heteroatoms. The second-order valence-corrected chi connectivity index (χ2v) is 8.68. The summed E-state index contributed by atoms with van der Waals surface area (Å²) in [6, 6.07) is 23.5. The zero-order chi connectivity index (χ0) is 26.7. The van der Waals surface area contributed by atoms with Crippen LogP contribution in [0.25, 0.3) is 11.1 Å². The Labute approximate surface area is 223 Å². The molecule has 0 saturated heterocycles. The maximum Gasteiger partial charge on any atom is 0.347 e. The van der Waals surface area contributed by atoms with Crippen LogP contribution in [0, 0.1) is 0 Å². The van der Waals surface area contributed by atoms with E-state index in [1.165, 1.54) is 0 Å². The van der Waals surface area contributed by atoms with Crippen molar-refractivity contribution in [3.63, 3.8) is 0 Å². The van der Waals surface area contributed by atoms with E-state index in [0.29, 0.717) is 44.5 Å². The average Bonchev–Trinajstić information content (AvgIpc) is 3.38. The van der Waals surface area contributed by atoms with Crippen molar-refractivity contribution in [2.75, 3.05) is 31.8 Å². The van der Waals surface area contributed by atoms with Gasteiger partial charge in [-0.2, -0.15) is 4.98 Å². The Morgan fingerprint density at radius 2 is 1.76 bits per heavy atom. The monoisotopic (exact) mass is 518 g/mol. The molecule has 38 heavy (non-hydrogen) atoms. The number of rotatable bonds is 14. The van der Waals surface area contributed by atoms with Gasteiger partial charge in [0.15, 0.2) is 11.7 Å². The van der Waals surface area contributed by atoms with Crippen LogP contribution in [0.2, 0.25) is 0 Å². The number of methoxy groups -OCH3 is 1. The number of aromatic nitrogens is 1. The van der Waals surface area contributed by atoms with Crippen LogP contribution in [-0.4, -0.2) is 43.9 Å². The number of benzene rings is 3. The maximum atomic E-state index is 12.2. The molecular weight excluding hydrogens is 484 g/mol. The van der Waals surface area contributed by atoms with Crippen molar-refractivity contribution in [1.82, 2.24) is 4.98 Å². The van der Waals surface area contributed by atoms with E-state index in [4.69, 9.17) is 28.3 Å². The first-order valence-electron chi connectivity index (χ1n) is 12.9. The van der Waals surface area contributed by atoms with Crippen molar-refractivity contribution in [1.29, 1.82) is 0 Å². The number of fused-ring (bicyclic) bond motifs is 1. The molecule has 200 valence electrons. The van der Waals surface area contributed by atoms with Gasteiger partial charge < -0.3 is 28.3 Å². The lowest BCUT2D eigenvalue weighted by molar-refractivity contribution is -0.151. The minimum absolute atomic E-state index is 0.320. The first kappa shape index (κ1) is 26.9. The van der Waals surface area contributed by atoms with Crippen molar-refractivity contribution in [3.8, 4) is 17.2 Å². The fourth-order valence-corrected chi connectivity index (χ4v) is 3.99. The molecule has 0 bridgehead atoms. The number of nitrogens with zero attached hydrogens (tertiary/aromatic N) is 2. The molecule has 8 nitrogen and oxygen atoms in total. The van der Waals surface area contributed by atoms with Gasteiger partial charge in [-0.25, -0.2) is 4.79 Å². The summed E-state index contributed by atoms with van der Waals surface area (Å²) in [5, 5.41) is 0. The second kappa shape index (κ2) is 13.4. The van der Waals surface area contributed by atoms with Crippen molar-refractivity contribution in [2.24, 2.45) is 0 Å². The van der Waals surface area contributed by atoms with Crippen LogP contribution in [0.3, 0.4) is 0 Å². The number of para-hydroxylation sites is 2. The van der Waals surface area contributed by atoms with Crippen LogP contribution >= 0.6 is 0 Å². The number of hydrogen-bond acceptors (Lipinski definition) is 8. The van der Waals surface area contributed by atoms with Gasteiger partial charge in [0, 0.05) is 13.1 Å². The molecule has 3 aromatic carbocycles. The first-order chi connectivity index (χ1) is 18.6. The predicted molar refractivity (Wildman–Crippen MR) is 146 cm³/mol. The molecule has 1 atom stereocenters. The molecule has 0 radical (unpaired) electrons. The number of carbonyl (C=O) groups excluding carboxylic acids is 1. The van der Waals surface area contributed by atoms with E-state index in [2.05, 4.69) is 4.90 Å². The van der Waals surface area contributed by atoms with Crippen molar-refractivity contribution in [2.45, 2.75) is 39.3 Å². The lowest BCUT2D eigenvalue weighted by atomic mass is 10.2.